The Labute approximate surface area is 112 Å². The zero-order valence-corrected chi connectivity index (χ0v) is 11.2. The summed E-state index contributed by atoms with van der Waals surface area (Å²) in [7, 11) is 1.65. The van der Waals surface area contributed by atoms with Gasteiger partial charge >= 0.3 is 0 Å². The predicted octanol–water partition coefficient (Wildman–Crippen LogP) is 3.71. The van der Waals surface area contributed by atoms with Gasteiger partial charge in [0.05, 0.1) is 13.2 Å². The van der Waals surface area contributed by atoms with Gasteiger partial charge in [0.25, 0.3) is 0 Å². The Bertz CT molecular complexity index is 554. The molecule has 2 rings (SSSR count). The van der Waals surface area contributed by atoms with Gasteiger partial charge in [-0.25, -0.2) is 0 Å². The average molecular weight is 262 g/mol. The van der Waals surface area contributed by atoms with Crippen LogP contribution in [0.15, 0.2) is 42.5 Å². The molecule has 1 unspecified atom stereocenters. The van der Waals surface area contributed by atoms with E-state index in [9.17, 15) is 0 Å². The second kappa shape index (κ2) is 5.42. The fraction of sp³-hybridized carbons (Fsp3) is 0.200. The van der Waals surface area contributed by atoms with Crippen LogP contribution in [0, 0.1) is 6.92 Å². The molecule has 0 aliphatic rings. The standard InChI is InChI=1S/C15H16ClNO/c1-10-6-7-12(16)9-14(10)15(17)11-4-3-5-13(8-11)18-2/h3-9,15H,17H2,1-2H3. The molecule has 0 amide bonds. The Kier molecular flexibility index (Phi) is 3.90. The molecule has 1 atom stereocenters. The van der Waals surface area contributed by atoms with Crippen LogP contribution in [0.3, 0.4) is 0 Å². The van der Waals surface area contributed by atoms with Crippen molar-refractivity contribution >= 4 is 11.6 Å². The van der Waals surface area contributed by atoms with Crippen molar-refractivity contribution in [3.8, 4) is 5.75 Å². The minimum absolute atomic E-state index is 0.196. The van der Waals surface area contributed by atoms with Gasteiger partial charge in [0.1, 0.15) is 5.75 Å². The van der Waals surface area contributed by atoms with E-state index in [4.69, 9.17) is 22.1 Å². The Morgan fingerprint density at radius 3 is 2.67 bits per heavy atom. The third kappa shape index (κ3) is 2.66. The van der Waals surface area contributed by atoms with Crippen molar-refractivity contribution in [2.75, 3.05) is 7.11 Å². The van der Waals surface area contributed by atoms with Crippen molar-refractivity contribution in [3.63, 3.8) is 0 Å². The largest absolute Gasteiger partial charge is 0.497 e. The number of nitrogens with two attached hydrogens (primary N) is 1. The Hall–Kier alpha value is -1.51. The molecule has 2 N–H and O–H groups in total. The molecule has 0 radical (unpaired) electrons. The highest BCUT2D eigenvalue weighted by Crippen LogP contribution is 2.27. The summed E-state index contributed by atoms with van der Waals surface area (Å²) in [6, 6.07) is 13.4. The van der Waals surface area contributed by atoms with Crippen LogP contribution in [-0.4, -0.2) is 7.11 Å². The van der Waals surface area contributed by atoms with Crippen LogP contribution < -0.4 is 10.5 Å². The van der Waals surface area contributed by atoms with Gasteiger partial charge < -0.3 is 10.5 Å². The van der Waals surface area contributed by atoms with Crippen LogP contribution in [-0.2, 0) is 0 Å². The highest BCUT2D eigenvalue weighted by molar-refractivity contribution is 6.30. The molecule has 3 heteroatoms. The van der Waals surface area contributed by atoms with E-state index in [-0.39, 0.29) is 6.04 Å². The summed E-state index contributed by atoms with van der Waals surface area (Å²) < 4.78 is 5.21. The summed E-state index contributed by atoms with van der Waals surface area (Å²) in [6.45, 7) is 2.03. The minimum Gasteiger partial charge on any atom is -0.497 e. The summed E-state index contributed by atoms with van der Waals surface area (Å²) in [5.74, 6) is 0.808. The quantitative estimate of drug-likeness (QED) is 0.914. The van der Waals surface area contributed by atoms with Gasteiger partial charge in [-0.1, -0.05) is 29.8 Å². The van der Waals surface area contributed by atoms with Gasteiger partial charge in [-0.05, 0) is 47.9 Å². The van der Waals surface area contributed by atoms with E-state index in [0.29, 0.717) is 5.02 Å². The molecule has 0 heterocycles. The topological polar surface area (TPSA) is 35.2 Å². The molecule has 2 aromatic rings. The second-order valence-corrected chi connectivity index (χ2v) is 4.69. The summed E-state index contributed by atoms with van der Waals surface area (Å²) in [5, 5.41) is 0.703. The summed E-state index contributed by atoms with van der Waals surface area (Å²) >= 11 is 6.03. The van der Waals surface area contributed by atoms with Gasteiger partial charge in [-0.15, -0.1) is 0 Å². The Morgan fingerprint density at radius 1 is 1.17 bits per heavy atom. The number of benzene rings is 2. The molecule has 0 aliphatic carbocycles. The molecule has 0 bridgehead atoms. The normalized spacial score (nSPS) is 12.2. The van der Waals surface area contributed by atoms with Crippen molar-refractivity contribution in [3.05, 3.63) is 64.2 Å². The van der Waals surface area contributed by atoms with Crippen molar-refractivity contribution in [1.82, 2.24) is 0 Å². The molecule has 0 saturated heterocycles. The van der Waals surface area contributed by atoms with E-state index in [1.165, 1.54) is 0 Å². The summed E-state index contributed by atoms with van der Waals surface area (Å²) in [5.41, 5.74) is 9.48. The van der Waals surface area contributed by atoms with Crippen molar-refractivity contribution in [1.29, 1.82) is 0 Å². The number of rotatable bonds is 3. The third-order valence-electron chi connectivity index (χ3n) is 3.03. The first-order valence-corrected chi connectivity index (χ1v) is 6.15. The first kappa shape index (κ1) is 12.9. The van der Waals surface area contributed by atoms with E-state index in [1.807, 2.05) is 49.4 Å². The number of hydrogen-bond acceptors (Lipinski definition) is 2. The molecule has 18 heavy (non-hydrogen) atoms. The smallest absolute Gasteiger partial charge is 0.119 e. The lowest BCUT2D eigenvalue weighted by Crippen LogP contribution is -2.13. The number of ether oxygens (including phenoxy) is 1. The molecule has 94 valence electrons. The van der Waals surface area contributed by atoms with E-state index < -0.39 is 0 Å². The highest BCUT2D eigenvalue weighted by atomic mass is 35.5. The van der Waals surface area contributed by atoms with Crippen LogP contribution in [0.1, 0.15) is 22.7 Å². The van der Waals surface area contributed by atoms with Crippen LogP contribution in [0.25, 0.3) is 0 Å². The first-order valence-electron chi connectivity index (χ1n) is 5.77. The fourth-order valence-corrected chi connectivity index (χ4v) is 2.14. The van der Waals surface area contributed by atoms with E-state index >= 15 is 0 Å². The Morgan fingerprint density at radius 2 is 1.94 bits per heavy atom. The lowest BCUT2D eigenvalue weighted by atomic mass is 9.96. The molecule has 0 aromatic heterocycles. The van der Waals surface area contributed by atoms with Gasteiger partial charge in [-0.3, -0.25) is 0 Å². The molecular formula is C15H16ClNO. The maximum atomic E-state index is 6.30. The van der Waals surface area contributed by atoms with E-state index in [0.717, 1.165) is 22.4 Å². The molecule has 2 aromatic carbocycles. The maximum absolute atomic E-state index is 6.30. The van der Waals surface area contributed by atoms with Crippen molar-refractivity contribution in [2.45, 2.75) is 13.0 Å². The van der Waals surface area contributed by atoms with Crippen molar-refractivity contribution in [2.24, 2.45) is 5.73 Å². The highest BCUT2D eigenvalue weighted by Gasteiger charge is 2.12. The third-order valence-corrected chi connectivity index (χ3v) is 3.26. The molecule has 0 fully saturated rings. The molecule has 2 nitrogen and oxygen atoms in total. The zero-order chi connectivity index (χ0) is 13.1. The fourth-order valence-electron chi connectivity index (χ4n) is 1.96. The number of aryl methyl sites for hydroxylation is 1. The second-order valence-electron chi connectivity index (χ2n) is 4.26. The van der Waals surface area contributed by atoms with Crippen LogP contribution in [0.5, 0.6) is 5.75 Å². The van der Waals surface area contributed by atoms with Crippen molar-refractivity contribution < 1.29 is 4.74 Å². The van der Waals surface area contributed by atoms with Crippen LogP contribution in [0.4, 0.5) is 0 Å². The SMILES string of the molecule is COc1cccc(C(N)c2cc(Cl)ccc2C)c1. The van der Waals surface area contributed by atoms with Gasteiger partial charge in [0, 0.05) is 5.02 Å². The molecular weight excluding hydrogens is 246 g/mol. The van der Waals surface area contributed by atoms with Crippen LogP contribution in [0.2, 0.25) is 5.02 Å². The van der Waals surface area contributed by atoms with Crippen LogP contribution >= 0.6 is 11.6 Å². The average Bonchev–Trinajstić information content (AvgIpc) is 2.41. The minimum atomic E-state index is -0.196. The van der Waals surface area contributed by atoms with Gasteiger partial charge in [-0.2, -0.15) is 0 Å². The molecule has 0 aliphatic heterocycles. The molecule has 0 saturated carbocycles. The number of hydrogen-bond donors (Lipinski definition) is 1. The zero-order valence-electron chi connectivity index (χ0n) is 10.5. The summed E-state index contributed by atoms with van der Waals surface area (Å²) in [4.78, 5) is 0. The Balaban J connectivity index is 2.40. The van der Waals surface area contributed by atoms with Gasteiger partial charge in [0.15, 0.2) is 0 Å². The van der Waals surface area contributed by atoms with E-state index in [2.05, 4.69) is 0 Å². The number of halogens is 1. The first-order chi connectivity index (χ1) is 8.61. The maximum Gasteiger partial charge on any atom is 0.119 e. The molecule has 0 spiro atoms. The monoisotopic (exact) mass is 261 g/mol. The lowest BCUT2D eigenvalue weighted by molar-refractivity contribution is 0.414. The number of methoxy groups -OCH3 is 1. The van der Waals surface area contributed by atoms with E-state index in [1.54, 1.807) is 7.11 Å². The lowest BCUT2D eigenvalue weighted by Gasteiger charge is -2.16. The summed E-state index contributed by atoms with van der Waals surface area (Å²) in [6.07, 6.45) is 0. The predicted molar refractivity (Wildman–Crippen MR) is 75.2 cm³/mol. The van der Waals surface area contributed by atoms with Gasteiger partial charge in [0.2, 0.25) is 0 Å².